The molecule has 5 heteroatoms. The van der Waals surface area contributed by atoms with Crippen molar-refractivity contribution >= 4 is 5.91 Å². The summed E-state index contributed by atoms with van der Waals surface area (Å²) in [7, 11) is 0. The lowest BCUT2D eigenvalue weighted by Crippen LogP contribution is -2.49. The SMILES string of the molecule is CC1(C(=O)NCCn2ccnc2)CCCNC1. The highest BCUT2D eigenvalue weighted by Gasteiger charge is 2.34. The zero-order valence-electron chi connectivity index (χ0n) is 10.3. The lowest BCUT2D eigenvalue weighted by molar-refractivity contribution is -0.131. The smallest absolute Gasteiger partial charge is 0.227 e. The van der Waals surface area contributed by atoms with Crippen molar-refractivity contribution < 1.29 is 4.79 Å². The molecule has 2 rings (SSSR count). The maximum Gasteiger partial charge on any atom is 0.227 e. The number of aromatic nitrogens is 2. The van der Waals surface area contributed by atoms with Crippen LogP contribution < -0.4 is 10.6 Å². The highest BCUT2D eigenvalue weighted by molar-refractivity contribution is 5.82. The zero-order chi connectivity index (χ0) is 12.1. The van der Waals surface area contributed by atoms with E-state index in [4.69, 9.17) is 0 Å². The normalized spacial score (nSPS) is 24.5. The van der Waals surface area contributed by atoms with Crippen molar-refractivity contribution in [3.63, 3.8) is 0 Å². The van der Waals surface area contributed by atoms with Gasteiger partial charge in [-0.2, -0.15) is 0 Å². The number of imidazole rings is 1. The van der Waals surface area contributed by atoms with Gasteiger partial charge >= 0.3 is 0 Å². The molecular formula is C12H20N4O. The number of hydrogen-bond donors (Lipinski definition) is 2. The van der Waals surface area contributed by atoms with Gasteiger partial charge in [-0.3, -0.25) is 4.79 Å². The topological polar surface area (TPSA) is 59.0 Å². The van der Waals surface area contributed by atoms with Crippen LogP contribution in [0.3, 0.4) is 0 Å². The maximum absolute atomic E-state index is 12.1. The number of amides is 1. The number of nitrogens with one attached hydrogen (secondary N) is 2. The quantitative estimate of drug-likeness (QED) is 0.795. The number of rotatable bonds is 4. The van der Waals surface area contributed by atoms with Crippen molar-refractivity contribution in [1.29, 1.82) is 0 Å². The summed E-state index contributed by atoms with van der Waals surface area (Å²) in [6.45, 7) is 5.27. The molecule has 17 heavy (non-hydrogen) atoms. The first-order chi connectivity index (χ1) is 8.21. The molecule has 0 aliphatic carbocycles. The lowest BCUT2D eigenvalue weighted by atomic mass is 9.82. The fourth-order valence-electron chi connectivity index (χ4n) is 2.18. The molecule has 1 aromatic heterocycles. The van der Waals surface area contributed by atoms with Crippen molar-refractivity contribution in [2.75, 3.05) is 19.6 Å². The van der Waals surface area contributed by atoms with Gasteiger partial charge in [-0.25, -0.2) is 4.98 Å². The summed E-state index contributed by atoms with van der Waals surface area (Å²) in [6, 6.07) is 0. The van der Waals surface area contributed by atoms with E-state index in [0.717, 1.165) is 32.5 Å². The summed E-state index contributed by atoms with van der Waals surface area (Å²) in [5.41, 5.74) is -0.243. The van der Waals surface area contributed by atoms with E-state index in [-0.39, 0.29) is 11.3 Å². The van der Waals surface area contributed by atoms with Crippen molar-refractivity contribution in [2.45, 2.75) is 26.3 Å². The summed E-state index contributed by atoms with van der Waals surface area (Å²) >= 11 is 0. The highest BCUT2D eigenvalue weighted by Crippen LogP contribution is 2.25. The summed E-state index contributed by atoms with van der Waals surface area (Å²) < 4.78 is 1.96. The second-order valence-electron chi connectivity index (χ2n) is 4.90. The minimum Gasteiger partial charge on any atom is -0.354 e. The lowest BCUT2D eigenvalue weighted by Gasteiger charge is -2.32. The third-order valence-corrected chi connectivity index (χ3v) is 3.36. The molecule has 94 valence electrons. The average Bonchev–Trinajstić information content (AvgIpc) is 2.83. The molecule has 0 radical (unpaired) electrons. The van der Waals surface area contributed by atoms with E-state index >= 15 is 0 Å². The maximum atomic E-state index is 12.1. The molecule has 0 bridgehead atoms. The van der Waals surface area contributed by atoms with Crippen LogP contribution in [0.1, 0.15) is 19.8 Å². The Bertz CT molecular complexity index is 355. The molecule has 2 N–H and O–H groups in total. The van der Waals surface area contributed by atoms with E-state index in [2.05, 4.69) is 15.6 Å². The number of carbonyl (C=O) groups excluding carboxylic acids is 1. The molecular weight excluding hydrogens is 216 g/mol. The van der Waals surface area contributed by atoms with Crippen LogP contribution in [0.15, 0.2) is 18.7 Å². The molecule has 1 atom stereocenters. The predicted octanol–water partition coefficient (Wildman–Crippen LogP) is 0.389. The van der Waals surface area contributed by atoms with Crippen molar-refractivity contribution in [1.82, 2.24) is 20.2 Å². The standard InChI is InChI=1S/C12H20N4O/c1-12(3-2-4-13-9-12)11(17)15-6-8-16-7-5-14-10-16/h5,7,10,13H,2-4,6,8-9H2,1H3,(H,15,17). The zero-order valence-corrected chi connectivity index (χ0v) is 10.3. The molecule has 2 heterocycles. The van der Waals surface area contributed by atoms with E-state index in [0.29, 0.717) is 6.54 Å². The predicted molar refractivity (Wildman–Crippen MR) is 65.4 cm³/mol. The van der Waals surface area contributed by atoms with Crippen molar-refractivity contribution in [2.24, 2.45) is 5.41 Å². The van der Waals surface area contributed by atoms with Crippen molar-refractivity contribution in [3.8, 4) is 0 Å². The average molecular weight is 236 g/mol. The monoisotopic (exact) mass is 236 g/mol. The molecule has 1 aliphatic rings. The largest absolute Gasteiger partial charge is 0.354 e. The van der Waals surface area contributed by atoms with E-state index in [1.807, 2.05) is 17.7 Å². The second kappa shape index (κ2) is 5.31. The van der Waals surface area contributed by atoms with E-state index in [1.165, 1.54) is 0 Å². The summed E-state index contributed by atoms with van der Waals surface area (Å²) in [5, 5.41) is 6.29. The Morgan fingerprint density at radius 1 is 1.65 bits per heavy atom. The number of carbonyl (C=O) groups is 1. The van der Waals surface area contributed by atoms with Gasteiger partial charge < -0.3 is 15.2 Å². The van der Waals surface area contributed by atoms with Gasteiger partial charge in [-0.15, -0.1) is 0 Å². The number of piperidine rings is 1. The first-order valence-corrected chi connectivity index (χ1v) is 6.15. The molecule has 1 saturated heterocycles. The van der Waals surface area contributed by atoms with Crippen LogP contribution in [0, 0.1) is 5.41 Å². The van der Waals surface area contributed by atoms with Gasteiger partial charge in [-0.1, -0.05) is 0 Å². The summed E-state index contributed by atoms with van der Waals surface area (Å²) in [5.74, 6) is 0.157. The summed E-state index contributed by atoms with van der Waals surface area (Å²) in [6.07, 6.45) is 7.45. The Labute approximate surface area is 102 Å². The number of hydrogen-bond acceptors (Lipinski definition) is 3. The van der Waals surface area contributed by atoms with Crippen LogP contribution >= 0.6 is 0 Å². The summed E-state index contributed by atoms with van der Waals surface area (Å²) in [4.78, 5) is 16.0. The Hall–Kier alpha value is -1.36. The molecule has 1 unspecified atom stereocenters. The number of nitrogens with zero attached hydrogens (tertiary/aromatic N) is 2. The third-order valence-electron chi connectivity index (χ3n) is 3.36. The van der Waals surface area contributed by atoms with Gasteiger partial charge in [0.2, 0.25) is 5.91 Å². The highest BCUT2D eigenvalue weighted by atomic mass is 16.2. The van der Waals surface area contributed by atoms with Crippen molar-refractivity contribution in [3.05, 3.63) is 18.7 Å². The molecule has 1 fully saturated rings. The molecule has 1 amide bonds. The van der Waals surface area contributed by atoms with Crippen LogP contribution in [0.5, 0.6) is 0 Å². The van der Waals surface area contributed by atoms with Crippen LogP contribution in [-0.2, 0) is 11.3 Å². The third kappa shape index (κ3) is 3.06. The Morgan fingerprint density at radius 2 is 2.53 bits per heavy atom. The van der Waals surface area contributed by atoms with Crippen LogP contribution in [0.25, 0.3) is 0 Å². The van der Waals surface area contributed by atoms with Crippen LogP contribution in [0.2, 0.25) is 0 Å². The first kappa shape index (κ1) is 12.1. The fourth-order valence-corrected chi connectivity index (χ4v) is 2.18. The van der Waals surface area contributed by atoms with E-state index in [9.17, 15) is 4.79 Å². The first-order valence-electron chi connectivity index (χ1n) is 6.15. The Kier molecular flexibility index (Phi) is 3.78. The van der Waals surface area contributed by atoms with Gasteiger partial charge in [0.25, 0.3) is 0 Å². The molecule has 0 spiro atoms. The van der Waals surface area contributed by atoms with Gasteiger partial charge in [0.1, 0.15) is 0 Å². The van der Waals surface area contributed by atoms with E-state index < -0.39 is 0 Å². The second-order valence-corrected chi connectivity index (χ2v) is 4.90. The molecule has 1 aromatic rings. The Morgan fingerprint density at radius 3 is 3.18 bits per heavy atom. The van der Waals surface area contributed by atoms with Gasteiger partial charge in [-0.05, 0) is 26.3 Å². The van der Waals surface area contributed by atoms with Gasteiger partial charge in [0.15, 0.2) is 0 Å². The van der Waals surface area contributed by atoms with Gasteiger partial charge in [0.05, 0.1) is 11.7 Å². The van der Waals surface area contributed by atoms with Crippen LogP contribution in [0.4, 0.5) is 0 Å². The fraction of sp³-hybridized carbons (Fsp3) is 0.667. The molecule has 0 aromatic carbocycles. The Balaban J connectivity index is 1.76. The molecule has 1 aliphatic heterocycles. The van der Waals surface area contributed by atoms with Gasteiger partial charge in [0, 0.05) is 32.0 Å². The molecule has 5 nitrogen and oxygen atoms in total. The minimum absolute atomic E-state index is 0.157. The minimum atomic E-state index is -0.243. The molecule has 0 saturated carbocycles. The van der Waals surface area contributed by atoms with Crippen LogP contribution in [-0.4, -0.2) is 35.1 Å². The van der Waals surface area contributed by atoms with E-state index in [1.54, 1.807) is 12.5 Å².